The molecule has 1 N–H and O–H groups in total. The van der Waals surface area contributed by atoms with E-state index in [0.29, 0.717) is 22.0 Å². The molecule has 0 bridgehead atoms. The topological polar surface area (TPSA) is 62.6 Å². The second-order valence-corrected chi connectivity index (χ2v) is 6.60. The van der Waals surface area contributed by atoms with Crippen LogP contribution in [0.3, 0.4) is 0 Å². The summed E-state index contributed by atoms with van der Waals surface area (Å²) < 4.78 is 5.32. The van der Waals surface area contributed by atoms with E-state index in [2.05, 4.69) is 5.32 Å². The first kappa shape index (κ1) is 19.0. The molecule has 138 valence electrons. The highest BCUT2D eigenvalue weighted by Gasteiger charge is 2.21. The molecule has 0 atom stereocenters. The number of furan rings is 1. The molecule has 3 rings (SSSR count). The summed E-state index contributed by atoms with van der Waals surface area (Å²) in [4.78, 5) is 26.7. The smallest absolute Gasteiger partial charge is 0.254 e. The van der Waals surface area contributed by atoms with Crippen molar-refractivity contribution >= 4 is 40.7 Å². The van der Waals surface area contributed by atoms with Gasteiger partial charge in [-0.2, -0.15) is 0 Å². The zero-order valence-electron chi connectivity index (χ0n) is 14.2. The van der Waals surface area contributed by atoms with Crippen molar-refractivity contribution in [3.05, 3.63) is 88.3 Å². The summed E-state index contributed by atoms with van der Waals surface area (Å²) in [5, 5.41) is 3.39. The number of hydrogen-bond acceptors (Lipinski definition) is 3. The van der Waals surface area contributed by atoms with Crippen LogP contribution in [0.2, 0.25) is 10.0 Å². The van der Waals surface area contributed by atoms with Gasteiger partial charge in [-0.1, -0.05) is 41.4 Å². The van der Waals surface area contributed by atoms with E-state index < -0.39 is 0 Å². The zero-order chi connectivity index (χ0) is 19.2. The molecule has 0 aliphatic rings. The van der Waals surface area contributed by atoms with Crippen molar-refractivity contribution in [2.24, 2.45) is 0 Å². The summed E-state index contributed by atoms with van der Waals surface area (Å²) in [6.45, 7) is 0.00294. The van der Waals surface area contributed by atoms with Crippen LogP contribution < -0.4 is 5.32 Å². The maximum Gasteiger partial charge on any atom is 0.254 e. The van der Waals surface area contributed by atoms with Gasteiger partial charge in [0.2, 0.25) is 5.91 Å². The molecule has 0 saturated heterocycles. The molecule has 3 aromatic rings. The predicted octanol–water partition coefficient (Wildman–Crippen LogP) is 4.87. The number of carbonyl (C=O) groups is 2. The number of benzene rings is 2. The van der Waals surface area contributed by atoms with Gasteiger partial charge in [0.1, 0.15) is 12.3 Å². The SMILES string of the molecule is O=C(CN(Cc1ccco1)C(=O)c1ccc(Cl)c(Cl)c1)Nc1ccccc1. The van der Waals surface area contributed by atoms with E-state index >= 15 is 0 Å². The first-order valence-corrected chi connectivity index (χ1v) is 8.90. The van der Waals surface area contributed by atoms with Crippen LogP contribution in [0.4, 0.5) is 5.69 Å². The molecule has 5 nitrogen and oxygen atoms in total. The lowest BCUT2D eigenvalue weighted by molar-refractivity contribution is -0.117. The lowest BCUT2D eigenvalue weighted by atomic mass is 10.2. The van der Waals surface area contributed by atoms with Crippen LogP contribution in [0.25, 0.3) is 0 Å². The standard InChI is InChI=1S/C20H16Cl2N2O3/c21-17-9-8-14(11-18(17)22)20(26)24(12-16-7-4-10-27-16)13-19(25)23-15-5-2-1-3-6-15/h1-11H,12-13H2,(H,23,25). The molecular formula is C20H16Cl2N2O3. The Kier molecular flexibility index (Phi) is 6.16. The van der Waals surface area contributed by atoms with E-state index in [9.17, 15) is 9.59 Å². The third-order valence-electron chi connectivity index (χ3n) is 3.77. The predicted molar refractivity (Wildman–Crippen MR) is 105 cm³/mol. The average Bonchev–Trinajstić information content (AvgIpc) is 3.17. The van der Waals surface area contributed by atoms with E-state index in [-0.39, 0.29) is 29.9 Å². The fraction of sp³-hybridized carbons (Fsp3) is 0.100. The van der Waals surface area contributed by atoms with Crippen LogP contribution in [0.15, 0.2) is 71.3 Å². The normalized spacial score (nSPS) is 10.4. The van der Waals surface area contributed by atoms with Gasteiger partial charge in [0.15, 0.2) is 0 Å². The lowest BCUT2D eigenvalue weighted by Crippen LogP contribution is -2.37. The van der Waals surface area contributed by atoms with Crippen LogP contribution in [0, 0.1) is 0 Å². The number of halogens is 2. The van der Waals surface area contributed by atoms with E-state index in [0.717, 1.165) is 0 Å². The molecule has 1 heterocycles. The number of hydrogen-bond donors (Lipinski definition) is 1. The average molecular weight is 403 g/mol. The van der Waals surface area contributed by atoms with Crippen LogP contribution >= 0.6 is 23.2 Å². The first-order chi connectivity index (χ1) is 13.0. The van der Waals surface area contributed by atoms with Crippen molar-refractivity contribution in [1.82, 2.24) is 4.90 Å². The molecule has 7 heteroatoms. The Labute approximate surface area is 166 Å². The Balaban J connectivity index is 1.78. The molecule has 1 aromatic heterocycles. The molecule has 2 amide bonds. The Morgan fingerprint density at radius 3 is 2.41 bits per heavy atom. The van der Waals surface area contributed by atoms with Gasteiger partial charge in [-0.15, -0.1) is 0 Å². The second-order valence-electron chi connectivity index (χ2n) is 5.78. The van der Waals surface area contributed by atoms with E-state index in [1.54, 1.807) is 36.4 Å². The molecule has 0 aliphatic heterocycles. The minimum atomic E-state index is -0.354. The van der Waals surface area contributed by atoms with E-state index in [1.165, 1.54) is 17.2 Å². The Morgan fingerprint density at radius 1 is 0.963 bits per heavy atom. The van der Waals surface area contributed by atoms with Crippen molar-refractivity contribution < 1.29 is 14.0 Å². The van der Waals surface area contributed by atoms with Crippen molar-refractivity contribution in [2.75, 3.05) is 11.9 Å². The van der Waals surface area contributed by atoms with Gasteiger partial charge in [0.05, 0.1) is 22.9 Å². The van der Waals surface area contributed by atoms with E-state index in [1.807, 2.05) is 18.2 Å². The summed E-state index contributed by atoms with van der Waals surface area (Å²) in [5.74, 6) is -0.106. The second kappa shape index (κ2) is 8.75. The minimum absolute atomic E-state index is 0.144. The molecular weight excluding hydrogens is 387 g/mol. The third kappa shape index (κ3) is 5.12. The summed E-state index contributed by atoms with van der Waals surface area (Å²) in [6.07, 6.45) is 1.52. The van der Waals surface area contributed by atoms with Crippen LogP contribution in [0.5, 0.6) is 0 Å². The number of carbonyl (C=O) groups excluding carboxylic acids is 2. The van der Waals surface area contributed by atoms with Crippen LogP contribution in [0.1, 0.15) is 16.1 Å². The Hall–Kier alpha value is -2.76. The minimum Gasteiger partial charge on any atom is -0.467 e. The number of anilines is 1. The molecule has 0 unspecified atom stereocenters. The summed E-state index contributed by atoms with van der Waals surface area (Å²) in [7, 11) is 0. The fourth-order valence-corrected chi connectivity index (χ4v) is 2.80. The van der Waals surface area contributed by atoms with Gasteiger partial charge in [0.25, 0.3) is 5.91 Å². The molecule has 27 heavy (non-hydrogen) atoms. The third-order valence-corrected chi connectivity index (χ3v) is 4.51. The fourth-order valence-electron chi connectivity index (χ4n) is 2.50. The molecule has 0 spiro atoms. The van der Waals surface area contributed by atoms with E-state index in [4.69, 9.17) is 27.6 Å². The number of nitrogens with one attached hydrogen (secondary N) is 1. The number of nitrogens with zero attached hydrogens (tertiary/aromatic N) is 1. The molecule has 0 fully saturated rings. The highest BCUT2D eigenvalue weighted by molar-refractivity contribution is 6.42. The molecule has 0 aliphatic carbocycles. The summed E-state index contributed by atoms with van der Waals surface area (Å²) in [6, 6.07) is 17.1. The molecule has 2 aromatic carbocycles. The van der Waals surface area contributed by atoms with Gasteiger partial charge in [0, 0.05) is 11.3 Å². The maximum atomic E-state index is 12.9. The summed E-state index contributed by atoms with van der Waals surface area (Å²) in [5.41, 5.74) is 0.992. The summed E-state index contributed by atoms with van der Waals surface area (Å²) >= 11 is 11.9. The van der Waals surface area contributed by atoms with Gasteiger partial charge >= 0.3 is 0 Å². The number of para-hydroxylation sites is 1. The van der Waals surface area contributed by atoms with Crippen molar-refractivity contribution in [3.8, 4) is 0 Å². The van der Waals surface area contributed by atoms with Crippen molar-refractivity contribution in [2.45, 2.75) is 6.54 Å². The van der Waals surface area contributed by atoms with Gasteiger partial charge in [-0.05, 0) is 42.5 Å². The van der Waals surface area contributed by atoms with Crippen molar-refractivity contribution in [3.63, 3.8) is 0 Å². The molecule has 0 radical (unpaired) electrons. The largest absolute Gasteiger partial charge is 0.467 e. The maximum absolute atomic E-state index is 12.9. The quantitative estimate of drug-likeness (QED) is 0.639. The highest BCUT2D eigenvalue weighted by Crippen LogP contribution is 2.23. The number of amides is 2. The van der Waals surface area contributed by atoms with Crippen LogP contribution in [-0.2, 0) is 11.3 Å². The van der Waals surface area contributed by atoms with Gasteiger partial charge in [-0.25, -0.2) is 0 Å². The van der Waals surface area contributed by atoms with Crippen LogP contribution in [-0.4, -0.2) is 23.3 Å². The monoisotopic (exact) mass is 402 g/mol. The number of rotatable bonds is 6. The zero-order valence-corrected chi connectivity index (χ0v) is 15.7. The van der Waals surface area contributed by atoms with Crippen molar-refractivity contribution in [1.29, 1.82) is 0 Å². The Morgan fingerprint density at radius 2 is 1.74 bits per heavy atom. The highest BCUT2D eigenvalue weighted by atomic mass is 35.5. The first-order valence-electron chi connectivity index (χ1n) is 8.14. The lowest BCUT2D eigenvalue weighted by Gasteiger charge is -2.21. The van der Waals surface area contributed by atoms with Gasteiger partial charge < -0.3 is 14.6 Å². The molecule has 0 saturated carbocycles. The Bertz CT molecular complexity index is 928. The van der Waals surface area contributed by atoms with Gasteiger partial charge in [-0.3, -0.25) is 9.59 Å².